The average Bonchev–Trinajstić information content (AvgIpc) is 2.69. The second-order valence-electron chi connectivity index (χ2n) is 4.57. The Morgan fingerprint density at radius 1 is 1.38 bits per heavy atom. The van der Waals surface area contributed by atoms with Crippen molar-refractivity contribution in [3.63, 3.8) is 0 Å². The molecule has 3 rings (SSSR count). The maximum Gasteiger partial charge on any atom is 0.151 e. The normalized spacial score (nSPS) is 29.1. The molecular formula is C10H14N2O2S2. The largest absolute Gasteiger partial charge is 0.315 e. The number of sulfone groups is 1. The summed E-state index contributed by atoms with van der Waals surface area (Å²) in [5.74, 6) is 1.31. The minimum atomic E-state index is -2.79. The fraction of sp³-hybridized carbons (Fsp3) is 0.700. The molecule has 0 saturated carbocycles. The number of thiazole rings is 1. The van der Waals surface area contributed by atoms with Gasteiger partial charge >= 0.3 is 0 Å². The smallest absolute Gasteiger partial charge is 0.151 e. The average molecular weight is 258 g/mol. The maximum absolute atomic E-state index is 11.4. The summed E-state index contributed by atoms with van der Waals surface area (Å²) >= 11 is 1.67. The molecule has 88 valence electrons. The van der Waals surface area contributed by atoms with Crippen LogP contribution >= 0.6 is 11.3 Å². The van der Waals surface area contributed by atoms with E-state index in [0.29, 0.717) is 17.4 Å². The second-order valence-corrected chi connectivity index (χ2v) is 7.68. The Bertz CT molecular complexity index is 491. The zero-order valence-electron chi connectivity index (χ0n) is 8.85. The van der Waals surface area contributed by atoms with E-state index in [9.17, 15) is 8.42 Å². The summed E-state index contributed by atoms with van der Waals surface area (Å²) in [6.07, 6.45) is 0.744. The van der Waals surface area contributed by atoms with E-state index in [2.05, 4.69) is 10.3 Å². The number of rotatable bonds is 2. The van der Waals surface area contributed by atoms with Crippen molar-refractivity contribution in [2.24, 2.45) is 0 Å². The molecule has 1 aromatic heterocycles. The molecule has 6 heteroatoms. The van der Waals surface area contributed by atoms with Crippen LogP contribution in [0.3, 0.4) is 0 Å². The Balaban J connectivity index is 1.77. The zero-order valence-corrected chi connectivity index (χ0v) is 10.5. The first-order valence-corrected chi connectivity index (χ1v) is 8.20. The molecule has 1 N–H and O–H groups in total. The van der Waals surface area contributed by atoms with Crippen molar-refractivity contribution < 1.29 is 8.42 Å². The Hall–Kier alpha value is -0.460. The van der Waals surface area contributed by atoms with Crippen LogP contribution in [0.1, 0.15) is 29.0 Å². The minimum absolute atomic E-state index is 0.142. The maximum atomic E-state index is 11.4. The Labute approximate surface area is 99.0 Å². The van der Waals surface area contributed by atoms with Crippen LogP contribution in [-0.4, -0.2) is 38.0 Å². The zero-order chi connectivity index (χ0) is 11.2. The van der Waals surface area contributed by atoms with E-state index in [1.54, 1.807) is 11.3 Å². The quantitative estimate of drug-likeness (QED) is 0.849. The van der Waals surface area contributed by atoms with Crippen molar-refractivity contribution in [2.75, 3.05) is 24.6 Å². The van der Waals surface area contributed by atoms with Crippen LogP contribution in [0, 0.1) is 0 Å². The summed E-state index contributed by atoms with van der Waals surface area (Å²) in [5, 5.41) is 6.43. The van der Waals surface area contributed by atoms with E-state index in [0.717, 1.165) is 30.2 Å². The van der Waals surface area contributed by atoms with Crippen LogP contribution < -0.4 is 5.32 Å². The number of hydrogen-bond acceptors (Lipinski definition) is 5. The Kier molecular flexibility index (Phi) is 2.53. The number of hydrogen-bond donors (Lipinski definition) is 1. The van der Waals surface area contributed by atoms with Crippen LogP contribution in [0.15, 0.2) is 5.38 Å². The van der Waals surface area contributed by atoms with Gasteiger partial charge < -0.3 is 5.32 Å². The Morgan fingerprint density at radius 2 is 2.19 bits per heavy atom. The molecule has 0 radical (unpaired) electrons. The van der Waals surface area contributed by atoms with Gasteiger partial charge in [0.25, 0.3) is 0 Å². The van der Waals surface area contributed by atoms with E-state index in [1.807, 2.05) is 5.38 Å². The van der Waals surface area contributed by atoms with Crippen LogP contribution in [0.5, 0.6) is 0 Å². The van der Waals surface area contributed by atoms with Gasteiger partial charge in [-0.2, -0.15) is 0 Å². The predicted molar refractivity (Wildman–Crippen MR) is 63.7 cm³/mol. The first-order chi connectivity index (χ1) is 7.64. The van der Waals surface area contributed by atoms with Gasteiger partial charge in [0.1, 0.15) is 0 Å². The topological polar surface area (TPSA) is 59.1 Å². The third-order valence-electron chi connectivity index (χ3n) is 3.32. The van der Waals surface area contributed by atoms with Gasteiger partial charge in [0.2, 0.25) is 0 Å². The van der Waals surface area contributed by atoms with Crippen LogP contribution in [-0.2, 0) is 9.84 Å². The van der Waals surface area contributed by atoms with Gasteiger partial charge in [-0.3, -0.25) is 0 Å². The molecule has 2 fully saturated rings. The van der Waals surface area contributed by atoms with Gasteiger partial charge in [0.05, 0.1) is 22.2 Å². The molecule has 1 aromatic rings. The molecule has 0 amide bonds. The molecule has 0 aliphatic carbocycles. The summed E-state index contributed by atoms with van der Waals surface area (Å²) in [7, 11) is -2.79. The van der Waals surface area contributed by atoms with Crippen molar-refractivity contribution >= 4 is 21.2 Å². The lowest BCUT2D eigenvalue weighted by atomic mass is 10.0. The fourth-order valence-electron chi connectivity index (χ4n) is 2.17. The van der Waals surface area contributed by atoms with Gasteiger partial charge in [-0.05, 0) is 6.42 Å². The molecule has 3 heterocycles. The van der Waals surface area contributed by atoms with Crippen molar-refractivity contribution in [1.29, 1.82) is 0 Å². The van der Waals surface area contributed by atoms with Crippen LogP contribution in [0.2, 0.25) is 0 Å². The molecule has 2 aliphatic heterocycles. The van der Waals surface area contributed by atoms with Crippen molar-refractivity contribution in [3.8, 4) is 0 Å². The molecule has 1 unspecified atom stereocenters. The highest BCUT2D eigenvalue weighted by atomic mass is 32.2. The molecule has 16 heavy (non-hydrogen) atoms. The van der Waals surface area contributed by atoms with Gasteiger partial charge in [-0.25, -0.2) is 13.4 Å². The first-order valence-electron chi connectivity index (χ1n) is 5.50. The highest BCUT2D eigenvalue weighted by Gasteiger charge is 2.31. The van der Waals surface area contributed by atoms with Gasteiger partial charge in [0.15, 0.2) is 9.84 Å². The van der Waals surface area contributed by atoms with E-state index >= 15 is 0 Å². The van der Waals surface area contributed by atoms with Crippen molar-refractivity contribution in [2.45, 2.75) is 18.3 Å². The molecule has 0 spiro atoms. The summed E-state index contributed by atoms with van der Waals surface area (Å²) in [4.78, 5) is 4.59. The first kappa shape index (κ1) is 10.7. The SMILES string of the molecule is O=S1(=O)CCC(c2csc(C3CNC3)n2)C1. The van der Waals surface area contributed by atoms with E-state index in [1.165, 1.54) is 0 Å². The molecule has 2 saturated heterocycles. The monoisotopic (exact) mass is 258 g/mol. The summed E-state index contributed by atoms with van der Waals surface area (Å²) < 4.78 is 22.8. The van der Waals surface area contributed by atoms with Crippen LogP contribution in [0.25, 0.3) is 0 Å². The van der Waals surface area contributed by atoms with Gasteiger partial charge in [-0.1, -0.05) is 0 Å². The van der Waals surface area contributed by atoms with E-state index in [4.69, 9.17) is 0 Å². The summed E-state index contributed by atoms with van der Waals surface area (Å²) in [6, 6.07) is 0. The van der Waals surface area contributed by atoms with Gasteiger partial charge in [-0.15, -0.1) is 11.3 Å². The number of nitrogens with zero attached hydrogens (tertiary/aromatic N) is 1. The summed E-state index contributed by atoms with van der Waals surface area (Å²) in [6.45, 7) is 2.02. The standard InChI is InChI=1S/C10H14N2O2S2/c13-16(14)2-1-7(6-16)9-5-15-10(12-9)8-3-11-4-8/h5,7-8,11H,1-4,6H2. The molecule has 0 aromatic carbocycles. The number of aromatic nitrogens is 1. The lowest BCUT2D eigenvalue weighted by molar-refractivity contribution is 0.446. The number of nitrogens with one attached hydrogen (secondary N) is 1. The van der Waals surface area contributed by atoms with Crippen molar-refractivity contribution in [1.82, 2.24) is 10.3 Å². The molecular weight excluding hydrogens is 244 g/mol. The summed E-state index contributed by atoms with van der Waals surface area (Å²) in [5.41, 5.74) is 0.993. The fourth-order valence-corrected chi connectivity index (χ4v) is 4.93. The molecule has 0 bridgehead atoms. The Morgan fingerprint density at radius 3 is 2.75 bits per heavy atom. The minimum Gasteiger partial charge on any atom is -0.315 e. The highest BCUT2D eigenvalue weighted by molar-refractivity contribution is 7.91. The van der Waals surface area contributed by atoms with Gasteiger partial charge in [0, 0.05) is 30.3 Å². The molecule has 2 aliphatic rings. The third-order valence-corrected chi connectivity index (χ3v) is 6.11. The predicted octanol–water partition coefficient (Wildman–Crippen LogP) is 0.732. The molecule has 1 atom stereocenters. The highest BCUT2D eigenvalue weighted by Crippen LogP contribution is 2.32. The second kappa shape index (κ2) is 3.78. The van der Waals surface area contributed by atoms with Crippen LogP contribution in [0.4, 0.5) is 0 Å². The lowest BCUT2D eigenvalue weighted by Gasteiger charge is -2.24. The molecule has 4 nitrogen and oxygen atoms in total. The lowest BCUT2D eigenvalue weighted by Crippen LogP contribution is -2.39. The van der Waals surface area contributed by atoms with Crippen molar-refractivity contribution in [3.05, 3.63) is 16.1 Å². The van der Waals surface area contributed by atoms with E-state index < -0.39 is 9.84 Å². The third kappa shape index (κ3) is 1.89. The van der Waals surface area contributed by atoms with E-state index in [-0.39, 0.29) is 5.92 Å².